The lowest BCUT2D eigenvalue weighted by Crippen LogP contribution is -2.44. The van der Waals surface area contributed by atoms with Crippen LogP contribution < -0.4 is 5.73 Å². The molecular formula is C15H17N3O2. The molecule has 5 nitrogen and oxygen atoms in total. The highest BCUT2D eigenvalue weighted by Gasteiger charge is 2.29. The molecule has 3 rings (SSSR count). The second-order valence-corrected chi connectivity index (χ2v) is 5.10. The zero-order valence-corrected chi connectivity index (χ0v) is 11.4. The molecule has 0 unspecified atom stereocenters. The number of benzene rings is 1. The lowest BCUT2D eigenvalue weighted by atomic mass is 10.0. The van der Waals surface area contributed by atoms with Crippen LogP contribution in [0.4, 0.5) is 0 Å². The Labute approximate surface area is 117 Å². The molecule has 0 spiro atoms. The summed E-state index contributed by atoms with van der Waals surface area (Å²) in [5.74, 6) is 0.614. The monoisotopic (exact) mass is 271 g/mol. The molecule has 1 atom stereocenters. The van der Waals surface area contributed by atoms with Gasteiger partial charge in [-0.3, -0.25) is 9.69 Å². The van der Waals surface area contributed by atoms with E-state index in [-0.39, 0.29) is 11.9 Å². The van der Waals surface area contributed by atoms with Gasteiger partial charge in [-0.25, -0.2) is 0 Å². The molecule has 1 amide bonds. The van der Waals surface area contributed by atoms with Crippen molar-refractivity contribution in [3.63, 3.8) is 0 Å². The van der Waals surface area contributed by atoms with Crippen molar-refractivity contribution in [2.45, 2.75) is 25.9 Å². The van der Waals surface area contributed by atoms with Gasteiger partial charge in [0.05, 0.1) is 6.04 Å². The van der Waals surface area contributed by atoms with Gasteiger partial charge in [0.25, 0.3) is 0 Å². The zero-order valence-electron chi connectivity index (χ0n) is 11.4. The van der Waals surface area contributed by atoms with Crippen molar-refractivity contribution in [2.75, 3.05) is 6.54 Å². The van der Waals surface area contributed by atoms with E-state index in [1.807, 2.05) is 37.3 Å². The van der Waals surface area contributed by atoms with Crippen molar-refractivity contribution < 1.29 is 9.32 Å². The summed E-state index contributed by atoms with van der Waals surface area (Å²) in [5, 5.41) is 4.19. The van der Waals surface area contributed by atoms with Crippen LogP contribution in [-0.4, -0.2) is 28.6 Å². The molecular weight excluding hydrogens is 254 g/mol. The third kappa shape index (κ3) is 2.20. The summed E-state index contributed by atoms with van der Waals surface area (Å²) in [6, 6.07) is 9.66. The molecule has 0 saturated carbocycles. The number of fused-ring (bicyclic) bond motifs is 1. The summed E-state index contributed by atoms with van der Waals surface area (Å²) in [7, 11) is 0. The quantitative estimate of drug-likeness (QED) is 0.919. The fraction of sp³-hybridized carbons (Fsp3) is 0.333. The van der Waals surface area contributed by atoms with Gasteiger partial charge >= 0.3 is 0 Å². The van der Waals surface area contributed by atoms with Crippen molar-refractivity contribution in [2.24, 2.45) is 5.73 Å². The van der Waals surface area contributed by atoms with Crippen LogP contribution in [0.2, 0.25) is 0 Å². The number of nitrogens with two attached hydrogens (primary N) is 1. The number of hydrogen-bond acceptors (Lipinski definition) is 4. The molecule has 2 N–H and O–H groups in total. The van der Waals surface area contributed by atoms with Gasteiger partial charge in [0.2, 0.25) is 5.91 Å². The van der Waals surface area contributed by atoms with E-state index in [1.54, 1.807) is 0 Å². The van der Waals surface area contributed by atoms with Crippen LogP contribution in [0.25, 0.3) is 11.3 Å². The highest BCUT2D eigenvalue weighted by molar-refractivity contribution is 5.79. The first-order valence-electron chi connectivity index (χ1n) is 6.73. The van der Waals surface area contributed by atoms with E-state index in [2.05, 4.69) is 10.1 Å². The third-order valence-electron chi connectivity index (χ3n) is 3.86. The van der Waals surface area contributed by atoms with Gasteiger partial charge in [0.15, 0.2) is 0 Å². The number of aromatic nitrogens is 1. The molecule has 1 aromatic heterocycles. The standard InChI is InChI=1S/C15H17N3O2/c1-10(15(16)19)18-8-7-13-12(9-18)14(17-20-13)11-5-3-2-4-6-11/h2-6,10H,7-9H2,1H3,(H2,16,19)/t10-/m0/s1. The molecule has 2 aromatic rings. The van der Waals surface area contributed by atoms with Crippen molar-refractivity contribution in [1.82, 2.24) is 10.1 Å². The van der Waals surface area contributed by atoms with E-state index in [0.29, 0.717) is 6.54 Å². The number of nitrogens with zero attached hydrogens (tertiary/aromatic N) is 2. The normalized spacial score (nSPS) is 16.6. The van der Waals surface area contributed by atoms with E-state index < -0.39 is 0 Å². The molecule has 1 aliphatic heterocycles. The van der Waals surface area contributed by atoms with Crippen LogP contribution in [0.3, 0.4) is 0 Å². The Morgan fingerprint density at radius 3 is 2.85 bits per heavy atom. The number of rotatable bonds is 3. The molecule has 1 aliphatic rings. The predicted octanol–water partition coefficient (Wildman–Crippen LogP) is 1.57. The summed E-state index contributed by atoms with van der Waals surface area (Å²) in [5.41, 5.74) is 8.35. The fourth-order valence-electron chi connectivity index (χ4n) is 2.56. The SMILES string of the molecule is C[C@@H](C(N)=O)N1CCc2onc(-c3ccccc3)c2C1. The molecule has 20 heavy (non-hydrogen) atoms. The first kappa shape index (κ1) is 12.9. The first-order valence-corrected chi connectivity index (χ1v) is 6.73. The van der Waals surface area contributed by atoms with Crippen LogP contribution in [-0.2, 0) is 17.8 Å². The van der Waals surface area contributed by atoms with Gasteiger partial charge < -0.3 is 10.3 Å². The van der Waals surface area contributed by atoms with E-state index in [0.717, 1.165) is 35.5 Å². The molecule has 1 aromatic carbocycles. The average Bonchev–Trinajstić information content (AvgIpc) is 2.90. The van der Waals surface area contributed by atoms with Gasteiger partial charge in [-0.2, -0.15) is 0 Å². The number of carbonyl (C=O) groups excluding carboxylic acids is 1. The minimum absolute atomic E-state index is 0.276. The van der Waals surface area contributed by atoms with Crippen molar-refractivity contribution in [1.29, 1.82) is 0 Å². The van der Waals surface area contributed by atoms with Crippen LogP contribution in [0.1, 0.15) is 18.2 Å². The number of amides is 1. The van der Waals surface area contributed by atoms with Crippen LogP contribution in [0.15, 0.2) is 34.9 Å². The molecule has 2 heterocycles. The van der Waals surface area contributed by atoms with Gasteiger partial charge in [-0.15, -0.1) is 0 Å². The van der Waals surface area contributed by atoms with Gasteiger partial charge in [0, 0.05) is 30.6 Å². The minimum Gasteiger partial charge on any atom is -0.368 e. The highest BCUT2D eigenvalue weighted by Crippen LogP contribution is 2.30. The highest BCUT2D eigenvalue weighted by atomic mass is 16.5. The molecule has 0 saturated heterocycles. The summed E-state index contributed by atoms with van der Waals surface area (Å²) in [4.78, 5) is 13.4. The Kier molecular flexibility index (Phi) is 3.28. The Balaban J connectivity index is 1.92. The Hall–Kier alpha value is -2.14. The summed E-state index contributed by atoms with van der Waals surface area (Å²) >= 11 is 0. The van der Waals surface area contributed by atoms with E-state index in [4.69, 9.17) is 10.3 Å². The van der Waals surface area contributed by atoms with Gasteiger partial charge in [-0.1, -0.05) is 35.5 Å². The zero-order chi connectivity index (χ0) is 14.1. The van der Waals surface area contributed by atoms with Gasteiger partial charge in [-0.05, 0) is 6.92 Å². The second kappa shape index (κ2) is 5.09. The van der Waals surface area contributed by atoms with Crippen molar-refractivity contribution in [3.05, 3.63) is 41.7 Å². The maximum absolute atomic E-state index is 11.3. The smallest absolute Gasteiger partial charge is 0.234 e. The Morgan fingerprint density at radius 2 is 2.15 bits per heavy atom. The molecule has 0 bridgehead atoms. The third-order valence-corrected chi connectivity index (χ3v) is 3.86. The largest absolute Gasteiger partial charge is 0.368 e. The molecule has 0 fully saturated rings. The summed E-state index contributed by atoms with van der Waals surface area (Å²) in [6.45, 7) is 3.25. The maximum atomic E-state index is 11.3. The van der Waals surface area contributed by atoms with Gasteiger partial charge in [0.1, 0.15) is 11.5 Å². The predicted molar refractivity (Wildman–Crippen MR) is 74.7 cm³/mol. The van der Waals surface area contributed by atoms with E-state index in [9.17, 15) is 4.79 Å². The molecule has 0 aliphatic carbocycles. The summed E-state index contributed by atoms with van der Waals surface area (Å²) in [6.07, 6.45) is 0.757. The molecule has 104 valence electrons. The van der Waals surface area contributed by atoms with E-state index >= 15 is 0 Å². The second-order valence-electron chi connectivity index (χ2n) is 5.10. The maximum Gasteiger partial charge on any atom is 0.234 e. The van der Waals surface area contributed by atoms with Crippen LogP contribution in [0.5, 0.6) is 0 Å². The molecule has 5 heteroatoms. The lowest BCUT2D eigenvalue weighted by Gasteiger charge is -2.29. The Bertz CT molecular complexity index is 621. The molecule has 0 radical (unpaired) electrons. The van der Waals surface area contributed by atoms with E-state index in [1.165, 1.54) is 0 Å². The first-order chi connectivity index (χ1) is 9.66. The number of carbonyl (C=O) groups is 1. The Morgan fingerprint density at radius 1 is 1.40 bits per heavy atom. The van der Waals surface area contributed by atoms with Crippen molar-refractivity contribution >= 4 is 5.91 Å². The summed E-state index contributed by atoms with van der Waals surface area (Å²) < 4.78 is 5.44. The topological polar surface area (TPSA) is 72.4 Å². The fourth-order valence-corrected chi connectivity index (χ4v) is 2.56. The van der Waals surface area contributed by atoms with Crippen molar-refractivity contribution in [3.8, 4) is 11.3 Å². The lowest BCUT2D eigenvalue weighted by molar-refractivity contribution is -0.123. The minimum atomic E-state index is -0.300. The van der Waals surface area contributed by atoms with Crippen LogP contribution >= 0.6 is 0 Å². The number of primary amides is 1. The number of hydrogen-bond donors (Lipinski definition) is 1. The average molecular weight is 271 g/mol. The van der Waals surface area contributed by atoms with Crippen LogP contribution in [0, 0.1) is 0 Å².